The lowest BCUT2D eigenvalue weighted by Crippen LogP contribution is -2.33. The fraction of sp³-hybridized carbons (Fsp3) is 0.600. The Bertz CT molecular complexity index is 348. The van der Waals surface area contributed by atoms with Crippen LogP contribution in [0, 0.1) is 0 Å². The molecule has 0 aliphatic rings. The summed E-state index contributed by atoms with van der Waals surface area (Å²) in [5, 5.41) is 7.02. The molecule has 0 saturated carbocycles. The molecule has 1 amide bonds. The summed E-state index contributed by atoms with van der Waals surface area (Å²) in [7, 11) is 0. The fourth-order valence-corrected chi connectivity index (χ4v) is 1.70. The van der Waals surface area contributed by atoms with Crippen LogP contribution in [0.5, 0.6) is 0 Å². The Hall–Kier alpha value is -0.840. The minimum Gasteiger partial charge on any atom is -0.348 e. The van der Waals surface area contributed by atoms with Crippen LogP contribution in [0.15, 0.2) is 10.7 Å². The molecule has 1 aromatic heterocycles. The average molecular weight is 274 g/mol. The van der Waals surface area contributed by atoms with E-state index in [1.165, 1.54) is 0 Å². The molecule has 1 atom stereocenters. The number of aromatic nitrogens is 2. The van der Waals surface area contributed by atoms with E-state index in [1.807, 2.05) is 20.8 Å². The number of carbonyl (C=O) groups excluding carboxylic acids is 1. The molecule has 0 aliphatic heterocycles. The van der Waals surface area contributed by atoms with Gasteiger partial charge in [-0.1, -0.05) is 6.92 Å². The number of halogens is 1. The Balaban J connectivity index is 2.85. The molecule has 1 heterocycles. The zero-order valence-corrected chi connectivity index (χ0v) is 10.8. The van der Waals surface area contributed by atoms with Gasteiger partial charge in [0.1, 0.15) is 5.69 Å². The smallest absolute Gasteiger partial charge is 0.270 e. The average Bonchev–Trinajstić information content (AvgIpc) is 2.59. The summed E-state index contributed by atoms with van der Waals surface area (Å²) in [4.78, 5) is 11.9. The predicted molar refractivity (Wildman–Crippen MR) is 62.8 cm³/mol. The number of rotatable bonds is 4. The van der Waals surface area contributed by atoms with E-state index in [4.69, 9.17) is 0 Å². The summed E-state index contributed by atoms with van der Waals surface area (Å²) >= 11 is 3.33. The van der Waals surface area contributed by atoms with Crippen LogP contribution in [0.1, 0.15) is 37.7 Å². The van der Waals surface area contributed by atoms with E-state index >= 15 is 0 Å². The maximum atomic E-state index is 11.9. The van der Waals surface area contributed by atoms with Crippen LogP contribution in [0.4, 0.5) is 0 Å². The molecule has 1 N–H and O–H groups in total. The first-order valence-electron chi connectivity index (χ1n) is 5.12. The van der Waals surface area contributed by atoms with Crippen LogP contribution >= 0.6 is 15.9 Å². The van der Waals surface area contributed by atoms with Crippen molar-refractivity contribution < 1.29 is 4.79 Å². The third kappa shape index (κ3) is 2.81. The molecular formula is C10H16BrN3O. The lowest BCUT2D eigenvalue weighted by Gasteiger charge is -2.12. The molecule has 0 fully saturated rings. The summed E-state index contributed by atoms with van der Waals surface area (Å²) < 4.78 is 2.42. The minimum atomic E-state index is -0.0735. The summed E-state index contributed by atoms with van der Waals surface area (Å²) in [6, 6.07) is 0.185. The third-order valence-corrected chi connectivity index (χ3v) is 2.88. The van der Waals surface area contributed by atoms with Crippen molar-refractivity contribution in [1.29, 1.82) is 0 Å². The van der Waals surface area contributed by atoms with Gasteiger partial charge in [-0.25, -0.2) is 0 Å². The molecule has 0 aliphatic carbocycles. The number of hydrogen-bond donors (Lipinski definition) is 1. The Morgan fingerprint density at radius 1 is 1.67 bits per heavy atom. The Morgan fingerprint density at radius 3 is 2.87 bits per heavy atom. The third-order valence-electron chi connectivity index (χ3n) is 2.30. The second-order valence-corrected chi connectivity index (χ2v) is 4.29. The number of carbonyl (C=O) groups is 1. The number of nitrogens with one attached hydrogen (secondary N) is 1. The van der Waals surface area contributed by atoms with E-state index in [1.54, 1.807) is 10.9 Å². The van der Waals surface area contributed by atoms with Crippen molar-refractivity contribution in [3.63, 3.8) is 0 Å². The second kappa shape index (κ2) is 5.30. The molecule has 15 heavy (non-hydrogen) atoms. The second-order valence-electron chi connectivity index (χ2n) is 3.44. The van der Waals surface area contributed by atoms with Crippen molar-refractivity contribution in [3.8, 4) is 0 Å². The van der Waals surface area contributed by atoms with E-state index in [0.717, 1.165) is 10.9 Å². The van der Waals surface area contributed by atoms with E-state index in [-0.39, 0.29) is 11.9 Å². The van der Waals surface area contributed by atoms with Gasteiger partial charge in [-0.3, -0.25) is 9.48 Å². The standard InChI is InChI=1S/C10H16BrN3O/c1-4-7(3)13-10(15)9-8(11)6-12-14(9)5-2/h6-7H,4-5H2,1-3H3,(H,13,15)/t7-/m1/s1. The van der Waals surface area contributed by atoms with Crippen LogP contribution in [-0.2, 0) is 6.54 Å². The highest BCUT2D eigenvalue weighted by Gasteiger charge is 2.17. The summed E-state index contributed by atoms with van der Waals surface area (Å²) in [6.07, 6.45) is 2.57. The Labute approximate surface area is 98.2 Å². The van der Waals surface area contributed by atoms with Crippen LogP contribution in [0.3, 0.4) is 0 Å². The van der Waals surface area contributed by atoms with Crippen molar-refractivity contribution in [2.75, 3.05) is 0 Å². The van der Waals surface area contributed by atoms with E-state index in [2.05, 4.69) is 26.3 Å². The molecule has 0 saturated heterocycles. The molecule has 4 nitrogen and oxygen atoms in total. The van der Waals surface area contributed by atoms with Crippen molar-refractivity contribution >= 4 is 21.8 Å². The molecule has 0 bridgehead atoms. The van der Waals surface area contributed by atoms with Crippen LogP contribution < -0.4 is 5.32 Å². The Kier molecular flexibility index (Phi) is 4.32. The molecule has 1 aromatic rings. The van der Waals surface area contributed by atoms with Crippen LogP contribution in [0.2, 0.25) is 0 Å². The first-order valence-corrected chi connectivity index (χ1v) is 5.91. The SMILES string of the molecule is CC[C@@H](C)NC(=O)c1c(Br)cnn1CC. The molecule has 1 rings (SSSR count). The summed E-state index contributed by atoms with van der Waals surface area (Å²) in [5.41, 5.74) is 0.595. The van der Waals surface area contributed by atoms with Crippen LogP contribution in [0.25, 0.3) is 0 Å². The highest BCUT2D eigenvalue weighted by atomic mass is 79.9. The molecule has 0 aromatic carbocycles. The highest BCUT2D eigenvalue weighted by molar-refractivity contribution is 9.10. The van der Waals surface area contributed by atoms with Gasteiger partial charge in [0.15, 0.2) is 0 Å². The van der Waals surface area contributed by atoms with Crippen molar-refractivity contribution in [3.05, 3.63) is 16.4 Å². The van der Waals surface area contributed by atoms with Gasteiger partial charge < -0.3 is 5.32 Å². The lowest BCUT2D eigenvalue weighted by atomic mass is 10.2. The number of aryl methyl sites for hydroxylation is 1. The van der Waals surface area contributed by atoms with Gasteiger partial charge >= 0.3 is 0 Å². The number of nitrogens with zero attached hydrogens (tertiary/aromatic N) is 2. The molecule has 84 valence electrons. The number of hydrogen-bond acceptors (Lipinski definition) is 2. The number of amides is 1. The zero-order chi connectivity index (χ0) is 11.4. The van der Waals surface area contributed by atoms with Gasteiger partial charge in [-0.2, -0.15) is 5.10 Å². The first kappa shape index (κ1) is 12.2. The quantitative estimate of drug-likeness (QED) is 0.914. The maximum Gasteiger partial charge on any atom is 0.270 e. The monoisotopic (exact) mass is 273 g/mol. The van der Waals surface area contributed by atoms with Crippen molar-refractivity contribution in [2.24, 2.45) is 0 Å². The van der Waals surface area contributed by atoms with Gasteiger partial charge in [-0.15, -0.1) is 0 Å². The summed E-state index contributed by atoms with van der Waals surface area (Å²) in [6.45, 7) is 6.67. The lowest BCUT2D eigenvalue weighted by molar-refractivity contribution is 0.0927. The van der Waals surface area contributed by atoms with Crippen molar-refractivity contribution in [2.45, 2.75) is 39.8 Å². The normalized spacial score (nSPS) is 12.5. The van der Waals surface area contributed by atoms with Crippen LogP contribution in [-0.4, -0.2) is 21.7 Å². The van der Waals surface area contributed by atoms with Gasteiger partial charge in [0, 0.05) is 12.6 Å². The maximum absolute atomic E-state index is 11.9. The fourth-order valence-electron chi connectivity index (χ4n) is 1.22. The van der Waals surface area contributed by atoms with Crippen molar-refractivity contribution in [1.82, 2.24) is 15.1 Å². The highest BCUT2D eigenvalue weighted by Crippen LogP contribution is 2.15. The predicted octanol–water partition coefficient (Wildman–Crippen LogP) is 2.19. The largest absolute Gasteiger partial charge is 0.348 e. The first-order chi connectivity index (χ1) is 7.10. The van der Waals surface area contributed by atoms with Gasteiger partial charge in [0.25, 0.3) is 5.91 Å². The van der Waals surface area contributed by atoms with E-state index < -0.39 is 0 Å². The zero-order valence-electron chi connectivity index (χ0n) is 9.25. The molecule has 5 heteroatoms. The molecule has 0 spiro atoms. The van der Waals surface area contributed by atoms with Gasteiger partial charge in [-0.05, 0) is 36.2 Å². The molecular weight excluding hydrogens is 258 g/mol. The Morgan fingerprint density at radius 2 is 2.33 bits per heavy atom. The van der Waals surface area contributed by atoms with Gasteiger partial charge in [0.05, 0.1) is 10.7 Å². The topological polar surface area (TPSA) is 46.9 Å². The van der Waals surface area contributed by atoms with Gasteiger partial charge in [0.2, 0.25) is 0 Å². The molecule has 0 radical (unpaired) electrons. The molecule has 0 unspecified atom stereocenters. The minimum absolute atomic E-state index is 0.0735. The summed E-state index contributed by atoms with van der Waals surface area (Å²) in [5.74, 6) is -0.0735. The van der Waals surface area contributed by atoms with E-state index in [9.17, 15) is 4.79 Å². The van der Waals surface area contributed by atoms with E-state index in [0.29, 0.717) is 12.2 Å².